The van der Waals surface area contributed by atoms with Gasteiger partial charge in [-0.1, -0.05) is 26.7 Å². The Morgan fingerprint density at radius 1 is 1.28 bits per heavy atom. The van der Waals surface area contributed by atoms with Gasteiger partial charge in [0.2, 0.25) is 0 Å². The molecule has 2 rings (SSSR count). The summed E-state index contributed by atoms with van der Waals surface area (Å²) in [6.45, 7) is 7.21. The van der Waals surface area contributed by atoms with Crippen LogP contribution in [0.3, 0.4) is 0 Å². The van der Waals surface area contributed by atoms with Gasteiger partial charge in [-0.25, -0.2) is 4.79 Å². The summed E-state index contributed by atoms with van der Waals surface area (Å²) in [5.74, 6) is 0. The average molecular weight is 254 g/mol. The number of carbonyl (C=O) groups excluding carboxylic acids is 1. The predicted molar refractivity (Wildman–Crippen MR) is 71.4 cm³/mol. The van der Waals surface area contributed by atoms with E-state index in [1.807, 2.05) is 25.7 Å². The van der Waals surface area contributed by atoms with Crippen molar-refractivity contribution in [2.24, 2.45) is 5.41 Å². The molecule has 0 aromatic heterocycles. The number of piperidine rings is 1. The quantitative estimate of drug-likeness (QED) is 0.753. The Morgan fingerprint density at radius 3 is 2.44 bits per heavy atom. The van der Waals surface area contributed by atoms with E-state index in [-0.39, 0.29) is 11.4 Å². The first-order valence-electron chi connectivity index (χ1n) is 7.10. The topological polar surface area (TPSA) is 52.6 Å². The number of rotatable bonds is 1. The van der Waals surface area contributed by atoms with Crippen LogP contribution in [0.15, 0.2) is 0 Å². The van der Waals surface area contributed by atoms with Crippen molar-refractivity contribution in [3.8, 4) is 0 Å². The molecule has 0 spiro atoms. The van der Waals surface area contributed by atoms with Gasteiger partial charge in [-0.2, -0.15) is 0 Å². The minimum Gasteiger partial charge on any atom is -0.389 e. The van der Waals surface area contributed by atoms with Crippen molar-refractivity contribution in [1.82, 2.24) is 10.2 Å². The largest absolute Gasteiger partial charge is 0.389 e. The molecule has 1 heterocycles. The molecule has 1 saturated heterocycles. The lowest BCUT2D eigenvalue weighted by Gasteiger charge is -2.48. The van der Waals surface area contributed by atoms with E-state index in [9.17, 15) is 9.90 Å². The highest BCUT2D eigenvalue weighted by Gasteiger charge is 2.45. The van der Waals surface area contributed by atoms with E-state index >= 15 is 0 Å². The number of carbonyl (C=O) groups is 1. The van der Waals surface area contributed by atoms with Crippen LogP contribution in [0.25, 0.3) is 0 Å². The molecule has 4 nitrogen and oxygen atoms in total. The molecule has 0 bridgehead atoms. The first-order valence-corrected chi connectivity index (χ1v) is 7.10. The summed E-state index contributed by atoms with van der Waals surface area (Å²) < 4.78 is 0. The Morgan fingerprint density at radius 2 is 1.89 bits per heavy atom. The van der Waals surface area contributed by atoms with Gasteiger partial charge < -0.3 is 15.3 Å². The van der Waals surface area contributed by atoms with Gasteiger partial charge in [0.1, 0.15) is 0 Å². The van der Waals surface area contributed by atoms with E-state index in [4.69, 9.17) is 0 Å². The standard InChI is InChI=1S/C14H26N2O2/c1-13(2)10-16(9-8-14(13,3)18)12(17)15-11-6-4-5-7-11/h11,18H,4-10H2,1-3H3,(H,15,17)/t14-/m1/s1. The zero-order valence-electron chi connectivity index (χ0n) is 11.8. The highest BCUT2D eigenvalue weighted by molar-refractivity contribution is 5.74. The number of hydrogen-bond acceptors (Lipinski definition) is 2. The lowest BCUT2D eigenvalue weighted by atomic mass is 9.71. The summed E-state index contributed by atoms with van der Waals surface area (Å²) in [7, 11) is 0. The van der Waals surface area contributed by atoms with Gasteiger partial charge in [0, 0.05) is 24.5 Å². The number of hydrogen-bond donors (Lipinski definition) is 2. The summed E-state index contributed by atoms with van der Waals surface area (Å²) in [6, 6.07) is 0.411. The zero-order chi connectivity index (χ0) is 13.4. The molecule has 4 heteroatoms. The van der Waals surface area contributed by atoms with Crippen LogP contribution in [0.2, 0.25) is 0 Å². The zero-order valence-corrected chi connectivity index (χ0v) is 11.8. The number of likely N-dealkylation sites (tertiary alicyclic amines) is 1. The molecule has 2 aliphatic rings. The minimum atomic E-state index is -0.683. The fourth-order valence-corrected chi connectivity index (χ4v) is 2.93. The highest BCUT2D eigenvalue weighted by atomic mass is 16.3. The van der Waals surface area contributed by atoms with Gasteiger partial charge in [-0.15, -0.1) is 0 Å². The maximum absolute atomic E-state index is 12.2. The lowest BCUT2D eigenvalue weighted by Crippen LogP contribution is -2.59. The third-order valence-corrected chi connectivity index (χ3v) is 4.88. The monoisotopic (exact) mass is 254 g/mol. The van der Waals surface area contributed by atoms with Crippen LogP contribution in [-0.4, -0.2) is 40.8 Å². The third kappa shape index (κ3) is 2.63. The van der Waals surface area contributed by atoms with Crippen molar-refractivity contribution in [2.75, 3.05) is 13.1 Å². The van der Waals surface area contributed by atoms with Crippen LogP contribution in [0.4, 0.5) is 4.79 Å². The van der Waals surface area contributed by atoms with Gasteiger partial charge in [0.15, 0.2) is 0 Å². The van der Waals surface area contributed by atoms with E-state index in [1.54, 1.807) is 0 Å². The van der Waals surface area contributed by atoms with E-state index in [1.165, 1.54) is 12.8 Å². The molecule has 1 atom stereocenters. The fraction of sp³-hybridized carbons (Fsp3) is 0.929. The van der Waals surface area contributed by atoms with E-state index in [2.05, 4.69) is 5.32 Å². The average Bonchev–Trinajstić information content (AvgIpc) is 2.74. The fourth-order valence-electron chi connectivity index (χ4n) is 2.93. The van der Waals surface area contributed by atoms with Crippen LogP contribution < -0.4 is 5.32 Å². The molecule has 0 aromatic rings. The van der Waals surface area contributed by atoms with Crippen molar-refractivity contribution < 1.29 is 9.90 Å². The second kappa shape index (κ2) is 4.72. The van der Waals surface area contributed by atoms with E-state index in [0.29, 0.717) is 25.6 Å². The lowest BCUT2D eigenvalue weighted by molar-refractivity contribution is -0.0955. The highest BCUT2D eigenvalue weighted by Crippen LogP contribution is 2.38. The Labute approximate surface area is 110 Å². The number of urea groups is 1. The van der Waals surface area contributed by atoms with Crippen molar-refractivity contribution in [1.29, 1.82) is 0 Å². The molecule has 2 fully saturated rings. The van der Waals surface area contributed by atoms with Gasteiger partial charge >= 0.3 is 6.03 Å². The maximum Gasteiger partial charge on any atom is 0.317 e. The Kier molecular flexibility index (Phi) is 3.58. The van der Waals surface area contributed by atoms with Crippen LogP contribution in [0, 0.1) is 5.41 Å². The maximum atomic E-state index is 12.2. The number of aliphatic hydroxyl groups is 1. The molecule has 2 N–H and O–H groups in total. The summed E-state index contributed by atoms with van der Waals surface area (Å²) in [6.07, 6.45) is 5.33. The molecule has 0 unspecified atom stereocenters. The first-order chi connectivity index (χ1) is 8.32. The first kappa shape index (κ1) is 13.7. The molecule has 0 radical (unpaired) electrons. The number of nitrogens with zero attached hydrogens (tertiary/aromatic N) is 1. The van der Waals surface area contributed by atoms with Crippen molar-refractivity contribution in [3.63, 3.8) is 0 Å². The van der Waals surface area contributed by atoms with Crippen molar-refractivity contribution >= 4 is 6.03 Å². The van der Waals surface area contributed by atoms with Crippen molar-refractivity contribution in [3.05, 3.63) is 0 Å². The molecule has 104 valence electrons. The Hall–Kier alpha value is -0.770. The number of nitrogens with one attached hydrogen (secondary N) is 1. The Balaban J connectivity index is 1.92. The summed E-state index contributed by atoms with van der Waals surface area (Å²) in [5, 5.41) is 13.4. The van der Waals surface area contributed by atoms with Gasteiger partial charge in [0.05, 0.1) is 5.60 Å². The molecular formula is C14H26N2O2. The molecule has 0 aromatic carbocycles. The third-order valence-electron chi connectivity index (χ3n) is 4.88. The summed E-state index contributed by atoms with van der Waals surface area (Å²) in [5.41, 5.74) is -0.935. The van der Waals surface area contributed by atoms with Crippen LogP contribution in [0.5, 0.6) is 0 Å². The molecule has 1 aliphatic carbocycles. The smallest absolute Gasteiger partial charge is 0.317 e. The molecule has 1 saturated carbocycles. The molecule has 18 heavy (non-hydrogen) atoms. The molecular weight excluding hydrogens is 228 g/mol. The number of amides is 2. The molecule has 2 amide bonds. The van der Waals surface area contributed by atoms with Crippen LogP contribution in [-0.2, 0) is 0 Å². The summed E-state index contributed by atoms with van der Waals surface area (Å²) >= 11 is 0. The van der Waals surface area contributed by atoms with Gasteiger partial charge in [-0.05, 0) is 26.2 Å². The van der Waals surface area contributed by atoms with Crippen LogP contribution >= 0.6 is 0 Å². The normalized spacial score (nSPS) is 32.6. The molecule has 1 aliphatic heterocycles. The van der Waals surface area contributed by atoms with E-state index in [0.717, 1.165) is 12.8 Å². The van der Waals surface area contributed by atoms with Gasteiger partial charge in [0.25, 0.3) is 0 Å². The summed E-state index contributed by atoms with van der Waals surface area (Å²) in [4.78, 5) is 14.0. The minimum absolute atomic E-state index is 0.0467. The van der Waals surface area contributed by atoms with Crippen LogP contribution in [0.1, 0.15) is 52.9 Å². The van der Waals surface area contributed by atoms with Crippen molar-refractivity contribution in [2.45, 2.75) is 64.5 Å². The SMILES string of the molecule is CC1(C)CN(C(=O)NC2CCCC2)CC[C@@]1(C)O. The predicted octanol–water partition coefficient (Wildman–Crippen LogP) is 2.12. The van der Waals surface area contributed by atoms with E-state index < -0.39 is 5.60 Å². The second-order valence-corrected chi connectivity index (χ2v) is 6.76. The van der Waals surface area contributed by atoms with Gasteiger partial charge in [-0.3, -0.25) is 0 Å². The second-order valence-electron chi connectivity index (χ2n) is 6.76. The Bertz CT molecular complexity index is 320.